The molecule has 6 nitrogen and oxygen atoms in total. The van der Waals surface area contributed by atoms with Crippen LogP contribution in [0.3, 0.4) is 0 Å². The fraction of sp³-hybridized carbons (Fsp3) is 0.135. The fourth-order valence-electron chi connectivity index (χ4n) is 6.62. The van der Waals surface area contributed by atoms with E-state index in [0.717, 1.165) is 63.0 Å². The minimum Gasteiger partial charge on any atom is -0.493 e. The molecule has 44 heavy (non-hydrogen) atoms. The van der Waals surface area contributed by atoms with E-state index in [1.807, 2.05) is 59.2 Å². The first-order chi connectivity index (χ1) is 21.6. The van der Waals surface area contributed by atoms with Crippen molar-refractivity contribution in [2.24, 2.45) is 4.99 Å². The molecule has 7 heteroatoms. The molecule has 2 aromatic heterocycles. The zero-order valence-corrected chi connectivity index (χ0v) is 25.2. The molecule has 0 spiro atoms. The van der Waals surface area contributed by atoms with Crippen molar-refractivity contribution in [2.75, 3.05) is 14.2 Å². The second-order valence-corrected chi connectivity index (χ2v) is 12.1. The van der Waals surface area contributed by atoms with Gasteiger partial charge in [-0.1, -0.05) is 90.2 Å². The molecule has 1 aliphatic carbocycles. The first-order valence-electron chi connectivity index (χ1n) is 14.7. The molecule has 216 valence electrons. The lowest BCUT2D eigenvalue weighted by Gasteiger charge is -2.31. The molecule has 0 saturated heterocycles. The number of allylic oxidation sites excluding steroid dienone is 1. The van der Waals surface area contributed by atoms with Gasteiger partial charge in [0.2, 0.25) is 0 Å². The number of aryl methyl sites for hydroxylation is 1. The van der Waals surface area contributed by atoms with Crippen LogP contribution in [0.2, 0.25) is 0 Å². The number of ether oxygens (including phenoxy) is 2. The third kappa shape index (κ3) is 4.15. The average Bonchev–Trinajstić information content (AvgIpc) is 3.60. The van der Waals surface area contributed by atoms with Crippen LogP contribution in [0, 0.1) is 0 Å². The Labute approximate surface area is 257 Å². The monoisotopic (exact) mass is 595 g/mol. The molecule has 0 fully saturated rings. The van der Waals surface area contributed by atoms with E-state index in [0.29, 0.717) is 20.8 Å². The van der Waals surface area contributed by atoms with Crippen LogP contribution < -0.4 is 24.4 Å². The number of nitrogens with zero attached hydrogens (tertiary/aromatic N) is 2. The summed E-state index contributed by atoms with van der Waals surface area (Å²) >= 11 is 1.44. The van der Waals surface area contributed by atoms with Crippen molar-refractivity contribution >= 4 is 34.0 Å². The molecule has 0 radical (unpaired) electrons. The summed E-state index contributed by atoms with van der Waals surface area (Å²) in [5, 5.41) is 1.07. The summed E-state index contributed by atoms with van der Waals surface area (Å²) in [6.45, 7) is 0. The Balaban J connectivity index is 1.40. The van der Waals surface area contributed by atoms with Crippen molar-refractivity contribution in [1.29, 1.82) is 0 Å². The maximum Gasteiger partial charge on any atom is 0.271 e. The molecule has 4 aromatic carbocycles. The number of H-pyrrole nitrogens is 1. The van der Waals surface area contributed by atoms with E-state index in [2.05, 4.69) is 53.5 Å². The summed E-state index contributed by atoms with van der Waals surface area (Å²) in [7, 11) is 3.27. The van der Waals surface area contributed by atoms with Crippen LogP contribution in [0.15, 0.2) is 112 Å². The lowest BCUT2D eigenvalue weighted by Crippen LogP contribution is -2.38. The second-order valence-electron chi connectivity index (χ2n) is 11.1. The number of fused-ring (bicyclic) bond motifs is 4. The highest BCUT2D eigenvalue weighted by Crippen LogP contribution is 2.43. The highest BCUT2D eigenvalue weighted by molar-refractivity contribution is 7.07. The number of methoxy groups -OCH3 is 2. The van der Waals surface area contributed by atoms with Crippen LogP contribution in [-0.4, -0.2) is 23.8 Å². The molecule has 3 heterocycles. The van der Waals surface area contributed by atoms with Crippen LogP contribution in [0.1, 0.15) is 34.7 Å². The molecule has 0 unspecified atom stereocenters. The van der Waals surface area contributed by atoms with Crippen LogP contribution in [-0.2, 0) is 6.42 Å². The van der Waals surface area contributed by atoms with E-state index in [1.54, 1.807) is 14.2 Å². The third-order valence-electron chi connectivity index (χ3n) is 8.68. The number of aromatic nitrogens is 2. The first-order valence-corrected chi connectivity index (χ1v) is 15.5. The number of thiazole rings is 1. The van der Waals surface area contributed by atoms with Gasteiger partial charge in [-0.05, 0) is 59.4 Å². The van der Waals surface area contributed by atoms with E-state index in [4.69, 9.17) is 14.5 Å². The van der Waals surface area contributed by atoms with Gasteiger partial charge in [0.15, 0.2) is 16.3 Å². The SMILES string of the molecule is COc1ccc([C@H]2C3=C(N=c4s/c(=C/c5c(-c6ccccc6)[nH]c6ccccc56)c(=O)n42)c2ccccc2CC3)cc1OC. The number of para-hydroxylation sites is 1. The molecule has 0 saturated carbocycles. The quantitative estimate of drug-likeness (QED) is 0.248. The van der Waals surface area contributed by atoms with Crippen LogP contribution >= 0.6 is 11.3 Å². The van der Waals surface area contributed by atoms with E-state index in [9.17, 15) is 4.79 Å². The van der Waals surface area contributed by atoms with Crippen molar-refractivity contribution in [3.63, 3.8) is 0 Å². The molecule has 6 aromatic rings. The Morgan fingerprint density at radius 2 is 1.66 bits per heavy atom. The van der Waals surface area contributed by atoms with Gasteiger partial charge >= 0.3 is 0 Å². The van der Waals surface area contributed by atoms with Gasteiger partial charge in [0, 0.05) is 22.0 Å². The molecule has 1 atom stereocenters. The van der Waals surface area contributed by atoms with Gasteiger partial charge < -0.3 is 14.5 Å². The Kier molecular flexibility index (Phi) is 6.34. The number of hydrogen-bond acceptors (Lipinski definition) is 5. The lowest BCUT2D eigenvalue weighted by molar-refractivity contribution is 0.354. The normalized spacial score (nSPS) is 15.9. The minimum atomic E-state index is -0.312. The maximum atomic E-state index is 14.5. The zero-order valence-electron chi connectivity index (χ0n) is 24.3. The van der Waals surface area contributed by atoms with Gasteiger partial charge in [0.05, 0.1) is 36.2 Å². The summed E-state index contributed by atoms with van der Waals surface area (Å²) in [6.07, 6.45) is 3.75. The third-order valence-corrected chi connectivity index (χ3v) is 9.66. The largest absolute Gasteiger partial charge is 0.493 e. The Bertz CT molecular complexity index is 2290. The lowest BCUT2D eigenvalue weighted by atomic mass is 9.83. The van der Waals surface area contributed by atoms with E-state index >= 15 is 0 Å². The van der Waals surface area contributed by atoms with Gasteiger partial charge in [-0.3, -0.25) is 9.36 Å². The molecule has 0 amide bonds. The molecule has 0 bridgehead atoms. The predicted molar refractivity (Wildman–Crippen MR) is 176 cm³/mol. The predicted octanol–water partition coefficient (Wildman–Crippen LogP) is 6.48. The summed E-state index contributed by atoms with van der Waals surface area (Å²) in [5.41, 5.74) is 9.53. The van der Waals surface area contributed by atoms with Crippen LogP contribution in [0.5, 0.6) is 11.5 Å². The highest BCUT2D eigenvalue weighted by Gasteiger charge is 2.33. The number of hydrogen-bond donors (Lipinski definition) is 1. The topological polar surface area (TPSA) is 68.6 Å². The van der Waals surface area contributed by atoms with Crippen molar-refractivity contribution in [3.05, 3.63) is 145 Å². The van der Waals surface area contributed by atoms with Gasteiger partial charge in [-0.25, -0.2) is 4.99 Å². The molecule has 1 N–H and O–H groups in total. The fourth-order valence-corrected chi connectivity index (χ4v) is 7.61. The first kappa shape index (κ1) is 26.5. The summed E-state index contributed by atoms with van der Waals surface area (Å²) in [6, 6.07) is 32.6. The average molecular weight is 596 g/mol. The summed E-state index contributed by atoms with van der Waals surface area (Å²) in [5.74, 6) is 1.29. The number of aromatic amines is 1. The molecule has 8 rings (SSSR count). The second kappa shape index (κ2) is 10.5. The summed E-state index contributed by atoms with van der Waals surface area (Å²) < 4.78 is 13.8. The van der Waals surface area contributed by atoms with Gasteiger partial charge in [-0.2, -0.15) is 0 Å². The van der Waals surface area contributed by atoms with Crippen molar-refractivity contribution in [3.8, 4) is 22.8 Å². The van der Waals surface area contributed by atoms with Crippen molar-refractivity contribution < 1.29 is 9.47 Å². The Morgan fingerprint density at radius 3 is 2.50 bits per heavy atom. The van der Waals surface area contributed by atoms with Crippen molar-refractivity contribution in [1.82, 2.24) is 9.55 Å². The molecule has 2 aliphatic rings. The minimum absolute atomic E-state index is 0.0526. The van der Waals surface area contributed by atoms with Crippen molar-refractivity contribution in [2.45, 2.75) is 18.9 Å². The summed E-state index contributed by atoms with van der Waals surface area (Å²) in [4.78, 5) is 24.0. The Morgan fingerprint density at radius 1 is 0.886 bits per heavy atom. The van der Waals surface area contributed by atoms with Gasteiger partial charge in [0.1, 0.15) is 0 Å². The van der Waals surface area contributed by atoms with E-state index in [-0.39, 0.29) is 11.6 Å². The standard InChI is InChI=1S/C37H29N3O3S/c1-42-30-19-17-24(20-31(30)43-2)35-27-18-16-22-10-6-7-13-25(22)34(27)39-37-40(35)36(41)32(44-37)21-28-26-14-8-9-15-29(26)38-33(28)23-11-4-3-5-12-23/h3-15,17,19-21,35,38H,16,18H2,1-2H3/b32-21+/t35-/m0/s1. The van der Waals surface area contributed by atoms with Gasteiger partial charge in [0.25, 0.3) is 5.56 Å². The van der Waals surface area contributed by atoms with Crippen LogP contribution in [0.4, 0.5) is 0 Å². The van der Waals surface area contributed by atoms with E-state index < -0.39 is 0 Å². The number of nitrogens with one attached hydrogen (secondary N) is 1. The number of rotatable bonds is 5. The number of benzene rings is 4. The zero-order chi connectivity index (χ0) is 29.8. The Hall–Kier alpha value is -5.14. The maximum absolute atomic E-state index is 14.5. The van der Waals surface area contributed by atoms with Gasteiger partial charge in [-0.15, -0.1) is 0 Å². The smallest absolute Gasteiger partial charge is 0.271 e. The molecular formula is C37H29N3O3S. The van der Waals surface area contributed by atoms with E-state index in [1.165, 1.54) is 16.9 Å². The molecule has 1 aliphatic heterocycles. The molecular weight excluding hydrogens is 566 g/mol. The highest BCUT2D eigenvalue weighted by atomic mass is 32.1. The van der Waals surface area contributed by atoms with Crippen LogP contribution in [0.25, 0.3) is 33.9 Å².